The maximum absolute atomic E-state index is 12.9. The molecular formula is C16H20FNO. The van der Waals surface area contributed by atoms with Crippen LogP contribution in [0.25, 0.3) is 0 Å². The van der Waals surface area contributed by atoms with Crippen molar-refractivity contribution in [3.8, 4) is 0 Å². The number of Topliss-reactive ketones (excluding diaryl/α,β-unsaturated/α-hetero) is 1. The molecule has 19 heavy (non-hydrogen) atoms. The first kappa shape index (κ1) is 12.8. The van der Waals surface area contributed by atoms with E-state index in [4.69, 9.17) is 0 Å². The molecule has 1 N–H and O–H groups in total. The van der Waals surface area contributed by atoms with E-state index in [1.54, 1.807) is 12.1 Å². The van der Waals surface area contributed by atoms with E-state index in [-0.39, 0.29) is 17.6 Å². The molecule has 1 heterocycles. The van der Waals surface area contributed by atoms with Crippen LogP contribution in [0.5, 0.6) is 0 Å². The predicted octanol–water partition coefficient (Wildman–Crippen LogP) is 3.32. The van der Waals surface area contributed by atoms with Crippen molar-refractivity contribution in [1.82, 2.24) is 5.32 Å². The van der Waals surface area contributed by atoms with E-state index in [1.165, 1.54) is 37.8 Å². The van der Waals surface area contributed by atoms with Crippen LogP contribution in [0, 0.1) is 11.7 Å². The Balaban J connectivity index is 1.69. The maximum atomic E-state index is 12.9. The van der Waals surface area contributed by atoms with Gasteiger partial charge in [-0.1, -0.05) is 12.8 Å². The first-order valence-corrected chi connectivity index (χ1v) is 7.30. The first-order chi connectivity index (χ1) is 9.24. The van der Waals surface area contributed by atoms with Crippen LogP contribution in [0.15, 0.2) is 24.3 Å². The van der Waals surface area contributed by atoms with Crippen LogP contribution in [0.3, 0.4) is 0 Å². The fourth-order valence-corrected chi connectivity index (χ4v) is 3.52. The first-order valence-electron chi connectivity index (χ1n) is 7.30. The second-order valence-corrected chi connectivity index (χ2v) is 5.82. The number of ketones is 1. The largest absolute Gasteiger partial charge is 0.304 e. The molecule has 1 aromatic rings. The lowest BCUT2D eigenvalue weighted by Crippen LogP contribution is -2.52. The van der Waals surface area contributed by atoms with Crippen LogP contribution >= 0.6 is 0 Å². The summed E-state index contributed by atoms with van der Waals surface area (Å²) in [5, 5.41) is 3.52. The van der Waals surface area contributed by atoms with E-state index in [1.807, 2.05) is 0 Å². The van der Waals surface area contributed by atoms with Gasteiger partial charge in [-0.3, -0.25) is 4.79 Å². The Morgan fingerprint density at radius 3 is 2.58 bits per heavy atom. The van der Waals surface area contributed by atoms with Crippen molar-refractivity contribution in [2.24, 2.45) is 5.92 Å². The normalized spacial score (nSPS) is 30.7. The maximum Gasteiger partial charge on any atom is 0.179 e. The van der Waals surface area contributed by atoms with Crippen molar-refractivity contribution >= 4 is 5.78 Å². The monoisotopic (exact) mass is 261 g/mol. The number of benzene rings is 1. The van der Waals surface area contributed by atoms with Gasteiger partial charge >= 0.3 is 0 Å². The van der Waals surface area contributed by atoms with Gasteiger partial charge in [-0.25, -0.2) is 4.39 Å². The molecule has 0 radical (unpaired) electrons. The van der Waals surface area contributed by atoms with E-state index in [0.717, 1.165) is 18.8 Å². The van der Waals surface area contributed by atoms with Gasteiger partial charge < -0.3 is 5.32 Å². The molecule has 1 saturated heterocycles. The van der Waals surface area contributed by atoms with Crippen LogP contribution in [0.2, 0.25) is 0 Å². The number of rotatable bonds is 2. The summed E-state index contributed by atoms with van der Waals surface area (Å²) in [5.74, 6) is 0.579. The Kier molecular flexibility index (Phi) is 3.65. The number of fused-ring (bicyclic) bond motifs is 1. The highest BCUT2D eigenvalue weighted by molar-refractivity contribution is 6.00. The summed E-state index contributed by atoms with van der Waals surface area (Å²) in [6, 6.07) is 6.33. The number of carbonyl (C=O) groups is 1. The van der Waals surface area contributed by atoms with Gasteiger partial charge in [-0.05, 0) is 55.9 Å². The highest BCUT2D eigenvalue weighted by Gasteiger charge is 2.34. The second-order valence-electron chi connectivity index (χ2n) is 5.82. The fraction of sp³-hybridized carbons (Fsp3) is 0.562. The van der Waals surface area contributed by atoms with Crippen molar-refractivity contribution in [1.29, 1.82) is 0 Å². The minimum atomic E-state index is -0.291. The van der Waals surface area contributed by atoms with Gasteiger partial charge in [0.15, 0.2) is 5.78 Å². The summed E-state index contributed by atoms with van der Waals surface area (Å²) in [7, 11) is 0. The number of hydrogen-bond donors (Lipinski definition) is 1. The molecule has 1 aliphatic heterocycles. The average molecular weight is 261 g/mol. The number of carbonyl (C=O) groups excluding carboxylic acids is 1. The summed E-state index contributed by atoms with van der Waals surface area (Å²) in [4.78, 5) is 12.4. The van der Waals surface area contributed by atoms with Crippen LogP contribution in [0.4, 0.5) is 4.39 Å². The summed E-state index contributed by atoms with van der Waals surface area (Å²) in [5.41, 5.74) is 0.619. The van der Waals surface area contributed by atoms with Crippen molar-refractivity contribution in [2.75, 3.05) is 0 Å². The summed E-state index contributed by atoms with van der Waals surface area (Å²) in [6.45, 7) is 0. The fourth-order valence-electron chi connectivity index (χ4n) is 3.52. The van der Waals surface area contributed by atoms with Gasteiger partial charge in [0, 0.05) is 11.6 Å². The quantitative estimate of drug-likeness (QED) is 0.827. The van der Waals surface area contributed by atoms with E-state index in [2.05, 4.69) is 5.32 Å². The zero-order valence-corrected chi connectivity index (χ0v) is 11.1. The molecule has 3 unspecified atom stereocenters. The van der Waals surface area contributed by atoms with Gasteiger partial charge in [-0.15, -0.1) is 0 Å². The summed E-state index contributed by atoms with van der Waals surface area (Å²) in [6.07, 6.45) is 7.16. The number of nitrogens with one attached hydrogen (secondary N) is 1. The van der Waals surface area contributed by atoms with Crippen LogP contribution in [-0.2, 0) is 0 Å². The van der Waals surface area contributed by atoms with Gasteiger partial charge in [0.05, 0.1) is 6.04 Å². The number of hydrogen-bond acceptors (Lipinski definition) is 2. The summed E-state index contributed by atoms with van der Waals surface area (Å²) < 4.78 is 12.9. The Morgan fingerprint density at radius 2 is 1.79 bits per heavy atom. The van der Waals surface area contributed by atoms with E-state index >= 15 is 0 Å². The van der Waals surface area contributed by atoms with Crippen molar-refractivity contribution in [3.63, 3.8) is 0 Å². The molecule has 3 atom stereocenters. The molecular weight excluding hydrogens is 241 g/mol. The smallest absolute Gasteiger partial charge is 0.179 e. The highest BCUT2D eigenvalue weighted by Crippen LogP contribution is 2.32. The minimum absolute atomic E-state index is 0.0789. The summed E-state index contributed by atoms with van der Waals surface area (Å²) >= 11 is 0. The highest BCUT2D eigenvalue weighted by atomic mass is 19.1. The molecule has 1 saturated carbocycles. The number of piperidine rings is 1. The average Bonchev–Trinajstić information content (AvgIpc) is 2.47. The predicted molar refractivity (Wildman–Crippen MR) is 72.6 cm³/mol. The molecule has 0 aromatic heterocycles. The van der Waals surface area contributed by atoms with Crippen molar-refractivity contribution < 1.29 is 9.18 Å². The molecule has 0 bridgehead atoms. The molecule has 0 spiro atoms. The Hall–Kier alpha value is -1.22. The van der Waals surface area contributed by atoms with Crippen LogP contribution in [0.1, 0.15) is 48.9 Å². The Labute approximate surface area is 113 Å². The van der Waals surface area contributed by atoms with E-state index in [0.29, 0.717) is 11.6 Å². The van der Waals surface area contributed by atoms with Crippen molar-refractivity contribution in [2.45, 2.75) is 50.6 Å². The van der Waals surface area contributed by atoms with E-state index < -0.39 is 0 Å². The third-order valence-corrected chi connectivity index (χ3v) is 4.60. The van der Waals surface area contributed by atoms with E-state index in [9.17, 15) is 9.18 Å². The molecule has 2 fully saturated rings. The lowest BCUT2D eigenvalue weighted by Gasteiger charge is -2.40. The molecule has 2 aliphatic rings. The number of halogens is 1. The van der Waals surface area contributed by atoms with Gasteiger partial charge in [0.2, 0.25) is 0 Å². The molecule has 3 heteroatoms. The lowest BCUT2D eigenvalue weighted by molar-refractivity contribution is 0.0861. The van der Waals surface area contributed by atoms with Gasteiger partial charge in [0.25, 0.3) is 0 Å². The van der Waals surface area contributed by atoms with Gasteiger partial charge in [0.1, 0.15) is 5.82 Å². The lowest BCUT2D eigenvalue weighted by atomic mass is 9.77. The molecule has 1 aromatic carbocycles. The zero-order valence-electron chi connectivity index (χ0n) is 11.1. The third kappa shape index (κ3) is 2.71. The molecule has 3 rings (SSSR count). The third-order valence-electron chi connectivity index (χ3n) is 4.60. The van der Waals surface area contributed by atoms with Crippen LogP contribution < -0.4 is 5.32 Å². The standard InChI is InChI=1S/C16H20FNO/c17-13-8-5-12(6-9-13)16(19)15-10-7-11-3-1-2-4-14(11)18-15/h5-6,8-9,11,14-15,18H,1-4,7,10H2. The Morgan fingerprint density at radius 1 is 1.05 bits per heavy atom. The molecule has 1 aliphatic carbocycles. The minimum Gasteiger partial charge on any atom is -0.304 e. The molecule has 102 valence electrons. The zero-order chi connectivity index (χ0) is 13.2. The molecule has 2 nitrogen and oxygen atoms in total. The van der Waals surface area contributed by atoms with Crippen LogP contribution in [-0.4, -0.2) is 17.9 Å². The topological polar surface area (TPSA) is 29.1 Å². The molecule has 0 amide bonds. The SMILES string of the molecule is O=C(c1ccc(F)cc1)C1CCC2CCCCC2N1. The second kappa shape index (κ2) is 5.41. The Bertz CT molecular complexity index is 456. The van der Waals surface area contributed by atoms with Gasteiger partial charge in [-0.2, -0.15) is 0 Å². The van der Waals surface area contributed by atoms with Crippen molar-refractivity contribution in [3.05, 3.63) is 35.6 Å².